The summed E-state index contributed by atoms with van der Waals surface area (Å²) in [5.41, 5.74) is 9.58. The van der Waals surface area contributed by atoms with E-state index in [0.717, 1.165) is 52.1 Å². The van der Waals surface area contributed by atoms with Gasteiger partial charge in [0, 0.05) is 19.5 Å². The first-order valence-electron chi connectivity index (χ1n) is 7.90. The number of likely N-dealkylation sites (tertiary alicyclic amines) is 1. The van der Waals surface area contributed by atoms with Gasteiger partial charge in [-0.15, -0.1) is 0 Å². The zero-order chi connectivity index (χ0) is 14.7. The van der Waals surface area contributed by atoms with Crippen LogP contribution in [0.3, 0.4) is 0 Å². The number of amides is 1. The van der Waals surface area contributed by atoms with Gasteiger partial charge in [0.2, 0.25) is 5.91 Å². The summed E-state index contributed by atoms with van der Waals surface area (Å²) in [4.78, 5) is 13.6. The first kappa shape index (κ1) is 14.5. The zero-order valence-corrected chi connectivity index (χ0v) is 12.5. The van der Waals surface area contributed by atoms with E-state index < -0.39 is 0 Å². The number of nitrogens with zero attached hydrogens (tertiary/aromatic N) is 1. The van der Waals surface area contributed by atoms with Gasteiger partial charge in [-0.1, -0.05) is 18.2 Å². The van der Waals surface area contributed by atoms with Gasteiger partial charge < -0.3 is 10.5 Å². The molecule has 0 aliphatic carbocycles. The van der Waals surface area contributed by atoms with Gasteiger partial charge in [-0.25, -0.2) is 0 Å². The molecule has 1 unspecified atom stereocenters. The molecule has 1 atom stereocenters. The number of fused-ring (bicyclic) bond motifs is 1. The Morgan fingerprint density at radius 3 is 3.19 bits per heavy atom. The van der Waals surface area contributed by atoms with E-state index in [9.17, 15) is 4.79 Å². The second kappa shape index (κ2) is 6.58. The SMILES string of the molecule is NC(=O)CC1CCCN(Cc2cccc3c2CCOC3)C1. The summed E-state index contributed by atoms with van der Waals surface area (Å²) in [6.45, 7) is 4.67. The molecule has 0 saturated carbocycles. The Labute approximate surface area is 126 Å². The van der Waals surface area contributed by atoms with Crippen LogP contribution in [0.5, 0.6) is 0 Å². The minimum absolute atomic E-state index is 0.170. The van der Waals surface area contributed by atoms with Gasteiger partial charge in [0.15, 0.2) is 0 Å². The second-order valence-corrected chi connectivity index (χ2v) is 6.27. The molecule has 4 nitrogen and oxygen atoms in total. The van der Waals surface area contributed by atoms with Crippen LogP contribution in [0, 0.1) is 5.92 Å². The van der Waals surface area contributed by atoms with Gasteiger partial charge >= 0.3 is 0 Å². The molecule has 2 N–H and O–H groups in total. The van der Waals surface area contributed by atoms with Crippen molar-refractivity contribution in [3.63, 3.8) is 0 Å². The van der Waals surface area contributed by atoms with Crippen LogP contribution in [0.15, 0.2) is 18.2 Å². The highest BCUT2D eigenvalue weighted by atomic mass is 16.5. The van der Waals surface area contributed by atoms with Crippen LogP contribution in [0.2, 0.25) is 0 Å². The summed E-state index contributed by atoms with van der Waals surface area (Å²) in [6.07, 6.45) is 3.83. The van der Waals surface area contributed by atoms with Gasteiger partial charge in [-0.05, 0) is 48.4 Å². The number of benzene rings is 1. The highest BCUT2D eigenvalue weighted by Gasteiger charge is 2.22. The number of ether oxygens (including phenoxy) is 1. The van der Waals surface area contributed by atoms with Crippen LogP contribution in [0.25, 0.3) is 0 Å². The molecule has 21 heavy (non-hydrogen) atoms. The van der Waals surface area contributed by atoms with E-state index in [1.54, 1.807) is 0 Å². The lowest BCUT2D eigenvalue weighted by Gasteiger charge is -2.33. The lowest BCUT2D eigenvalue weighted by Crippen LogP contribution is -2.37. The van der Waals surface area contributed by atoms with Crippen molar-refractivity contribution in [3.8, 4) is 0 Å². The van der Waals surface area contributed by atoms with Crippen LogP contribution in [0.1, 0.15) is 36.0 Å². The first-order valence-corrected chi connectivity index (χ1v) is 7.90. The van der Waals surface area contributed by atoms with Crippen LogP contribution in [-0.2, 0) is 29.1 Å². The largest absolute Gasteiger partial charge is 0.376 e. The van der Waals surface area contributed by atoms with Crippen LogP contribution in [0.4, 0.5) is 0 Å². The number of hydrogen-bond donors (Lipinski definition) is 1. The Balaban J connectivity index is 1.67. The van der Waals surface area contributed by atoms with Gasteiger partial charge in [-0.3, -0.25) is 9.69 Å². The van der Waals surface area contributed by atoms with Crippen molar-refractivity contribution in [2.75, 3.05) is 19.7 Å². The molecule has 1 saturated heterocycles. The molecule has 1 aromatic carbocycles. The lowest BCUT2D eigenvalue weighted by molar-refractivity contribution is -0.119. The fourth-order valence-electron chi connectivity index (χ4n) is 3.64. The monoisotopic (exact) mass is 288 g/mol. The van der Waals surface area contributed by atoms with Crippen molar-refractivity contribution in [3.05, 3.63) is 34.9 Å². The highest BCUT2D eigenvalue weighted by molar-refractivity contribution is 5.74. The third-order valence-electron chi connectivity index (χ3n) is 4.61. The van der Waals surface area contributed by atoms with E-state index in [1.165, 1.54) is 16.7 Å². The maximum atomic E-state index is 11.1. The van der Waals surface area contributed by atoms with Gasteiger partial charge in [0.05, 0.1) is 13.2 Å². The molecule has 1 amide bonds. The summed E-state index contributed by atoms with van der Waals surface area (Å²) in [7, 11) is 0. The standard InChI is InChI=1S/C17H24N2O2/c18-17(20)9-13-3-2-7-19(10-13)11-14-4-1-5-15-12-21-8-6-16(14)15/h1,4-5,13H,2-3,6-12H2,(H2,18,20). The molecule has 4 heteroatoms. The number of primary amides is 1. The Kier molecular flexibility index (Phi) is 4.56. The van der Waals surface area contributed by atoms with Crippen molar-refractivity contribution >= 4 is 5.91 Å². The third-order valence-corrected chi connectivity index (χ3v) is 4.61. The summed E-state index contributed by atoms with van der Waals surface area (Å²) in [6, 6.07) is 6.54. The molecule has 1 aromatic rings. The van der Waals surface area contributed by atoms with Gasteiger partial charge in [0.25, 0.3) is 0 Å². The molecule has 0 aromatic heterocycles. The number of rotatable bonds is 4. The third kappa shape index (κ3) is 3.63. The fourth-order valence-corrected chi connectivity index (χ4v) is 3.64. The van der Waals surface area contributed by atoms with Crippen LogP contribution < -0.4 is 5.73 Å². The molecule has 2 aliphatic heterocycles. The lowest BCUT2D eigenvalue weighted by atomic mass is 9.92. The molecule has 2 aliphatic rings. The molecule has 2 heterocycles. The number of nitrogens with two attached hydrogens (primary N) is 1. The van der Waals surface area contributed by atoms with Crippen molar-refractivity contribution in [1.29, 1.82) is 0 Å². The minimum atomic E-state index is -0.170. The van der Waals surface area contributed by atoms with E-state index >= 15 is 0 Å². The highest BCUT2D eigenvalue weighted by Crippen LogP contribution is 2.25. The maximum absolute atomic E-state index is 11.1. The van der Waals surface area contributed by atoms with E-state index in [4.69, 9.17) is 10.5 Å². The molecule has 0 spiro atoms. The normalized spacial score (nSPS) is 22.8. The van der Waals surface area contributed by atoms with E-state index in [2.05, 4.69) is 23.1 Å². The zero-order valence-electron chi connectivity index (χ0n) is 12.5. The minimum Gasteiger partial charge on any atom is -0.376 e. The molecular formula is C17H24N2O2. The average Bonchev–Trinajstić information content (AvgIpc) is 2.47. The van der Waals surface area contributed by atoms with Crippen molar-refractivity contribution in [2.45, 2.75) is 38.8 Å². The number of carbonyl (C=O) groups is 1. The summed E-state index contributed by atoms with van der Waals surface area (Å²) in [5, 5.41) is 0. The van der Waals surface area contributed by atoms with E-state index in [-0.39, 0.29) is 5.91 Å². The smallest absolute Gasteiger partial charge is 0.217 e. The number of piperidine rings is 1. The maximum Gasteiger partial charge on any atom is 0.217 e. The van der Waals surface area contributed by atoms with E-state index in [1.807, 2.05) is 0 Å². The Hall–Kier alpha value is -1.39. The number of carbonyl (C=O) groups excluding carboxylic acids is 1. The van der Waals surface area contributed by atoms with Gasteiger partial charge in [0.1, 0.15) is 0 Å². The fraction of sp³-hybridized carbons (Fsp3) is 0.588. The summed E-state index contributed by atoms with van der Waals surface area (Å²) < 4.78 is 5.54. The predicted octanol–water partition coefficient (Wildman–Crippen LogP) is 1.85. The molecule has 3 rings (SSSR count). The summed E-state index contributed by atoms with van der Waals surface area (Å²) >= 11 is 0. The van der Waals surface area contributed by atoms with Gasteiger partial charge in [-0.2, -0.15) is 0 Å². The van der Waals surface area contributed by atoms with Crippen molar-refractivity contribution in [1.82, 2.24) is 4.90 Å². The average molecular weight is 288 g/mol. The topological polar surface area (TPSA) is 55.6 Å². The predicted molar refractivity (Wildman–Crippen MR) is 81.6 cm³/mol. The Bertz CT molecular complexity index is 516. The molecule has 1 fully saturated rings. The van der Waals surface area contributed by atoms with Crippen molar-refractivity contribution < 1.29 is 9.53 Å². The van der Waals surface area contributed by atoms with Crippen molar-refractivity contribution in [2.24, 2.45) is 11.7 Å². The molecule has 114 valence electrons. The second-order valence-electron chi connectivity index (χ2n) is 6.27. The summed E-state index contributed by atoms with van der Waals surface area (Å²) in [5.74, 6) is 0.259. The molecule has 0 bridgehead atoms. The Morgan fingerprint density at radius 1 is 1.43 bits per heavy atom. The Morgan fingerprint density at radius 2 is 2.33 bits per heavy atom. The van der Waals surface area contributed by atoms with Crippen LogP contribution >= 0.6 is 0 Å². The first-order chi connectivity index (χ1) is 10.2. The number of hydrogen-bond acceptors (Lipinski definition) is 3. The molecular weight excluding hydrogens is 264 g/mol. The van der Waals surface area contributed by atoms with E-state index in [0.29, 0.717) is 12.3 Å². The quantitative estimate of drug-likeness (QED) is 0.920. The molecule has 0 radical (unpaired) electrons. The van der Waals surface area contributed by atoms with Crippen LogP contribution in [-0.4, -0.2) is 30.5 Å².